The van der Waals surface area contributed by atoms with E-state index in [0.29, 0.717) is 0 Å². The molecular weight excluding hydrogens is 222 g/mol. The van der Waals surface area contributed by atoms with E-state index in [4.69, 9.17) is 5.11 Å². The second-order valence-corrected chi connectivity index (χ2v) is 5.13. The van der Waals surface area contributed by atoms with Gasteiger partial charge in [0.1, 0.15) is 0 Å². The Morgan fingerprint density at radius 1 is 1.50 bits per heavy atom. The van der Waals surface area contributed by atoms with Crippen molar-refractivity contribution >= 4 is 16.5 Å². The highest BCUT2D eigenvalue weighted by atomic mass is 32.1. The third-order valence-corrected chi connectivity index (χ3v) is 3.85. The SMILES string of the molecule is CC[C@H](CO)NCc1sc(N(C)C)nc1C. The maximum absolute atomic E-state index is 9.08. The Kier molecular flexibility index (Phi) is 5.18. The lowest BCUT2D eigenvalue weighted by Crippen LogP contribution is -2.31. The van der Waals surface area contributed by atoms with Crippen molar-refractivity contribution in [2.45, 2.75) is 32.9 Å². The first-order valence-electron chi connectivity index (χ1n) is 5.56. The number of nitrogens with one attached hydrogen (secondary N) is 1. The molecule has 0 unspecified atom stereocenters. The molecule has 1 rings (SSSR count). The van der Waals surface area contributed by atoms with Crippen LogP contribution in [0.3, 0.4) is 0 Å². The predicted molar refractivity (Wildman–Crippen MR) is 69.2 cm³/mol. The summed E-state index contributed by atoms with van der Waals surface area (Å²) in [6, 6.07) is 0.185. The molecule has 0 spiro atoms. The highest BCUT2D eigenvalue weighted by Gasteiger charge is 2.10. The minimum absolute atomic E-state index is 0.185. The van der Waals surface area contributed by atoms with Crippen LogP contribution >= 0.6 is 11.3 Å². The quantitative estimate of drug-likeness (QED) is 0.792. The molecule has 1 aromatic rings. The topological polar surface area (TPSA) is 48.4 Å². The van der Waals surface area contributed by atoms with Crippen LogP contribution in [0.1, 0.15) is 23.9 Å². The van der Waals surface area contributed by atoms with Gasteiger partial charge in [0.15, 0.2) is 5.13 Å². The molecule has 4 nitrogen and oxygen atoms in total. The molecule has 0 aliphatic carbocycles. The summed E-state index contributed by atoms with van der Waals surface area (Å²) in [5.74, 6) is 0. The predicted octanol–water partition coefficient (Wildman–Crippen LogP) is 1.38. The van der Waals surface area contributed by atoms with Crippen molar-refractivity contribution in [1.29, 1.82) is 0 Å². The van der Waals surface area contributed by atoms with Crippen molar-refractivity contribution in [3.63, 3.8) is 0 Å². The molecule has 0 saturated carbocycles. The van der Waals surface area contributed by atoms with E-state index in [0.717, 1.165) is 23.8 Å². The van der Waals surface area contributed by atoms with Crippen LogP contribution < -0.4 is 10.2 Å². The van der Waals surface area contributed by atoms with Crippen LogP contribution in [0, 0.1) is 6.92 Å². The fraction of sp³-hybridized carbons (Fsp3) is 0.727. The number of rotatable bonds is 6. The van der Waals surface area contributed by atoms with E-state index in [2.05, 4.69) is 17.2 Å². The van der Waals surface area contributed by atoms with Gasteiger partial charge in [-0.15, -0.1) is 11.3 Å². The number of hydrogen-bond donors (Lipinski definition) is 2. The molecule has 0 fully saturated rings. The van der Waals surface area contributed by atoms with Crippen LogP contribution in [0.25, 0.3) is 0 Å². The number of thiazole rings is 1. The van der Waals surface area contributed by atoms with Gasteiger partial charge in [0.25, 0.3) is 0 Å². The molecule has 0 aliphatic heterocycles. The number of aliphatic hydroxyl groups is 1. The molecule has 0 aliphatic rings. The van der Waals surface area contributed by atoms with Crippen molar-refractivity contribution in [3.05, 3.63) is 10.6 Å². The highest BCUT2D eigenvalue weighted by Crippen LogP contribution is 2.24. The summed E-state index contributed by atoms with van der Waals surface area (Å²) in [5.41, 5.74) is 1.08. The van der Waals surface area contributed by atoms with E-state index in [-0.39, 0.29) is 12.6 Å². The number of aryl methyl sites for hydroxylation is 1. The summed E-state index contributed by atoms with van der Waals surface area (Å²) in [7, 11) is 4.00. The van der Waals surface area contributed by atoms with Crippen LogP contribution in [0.4, 0.5) is 5.13 Å². The van der Waals surface area contributed by atoms with Crippen molar-refractivity contribution < 1.29 is 5.11 Å². The zero-order valence-corrected chi connectivity index (χ0v) is 11.3. The Morgan fingerprint density at radius 3 is 2.62 bits per heavy atom. The van der Waals surface area contributed by atoms with Gasteiger partial charge in [0.2, 0.25) is 0 Å². The van der Waals surface area contributed by atoms with E-state index in [1.54, 1.807) is 11.3 Å². The lowest BCUT2D eigenvalue weighted by Gasteiger charge is -2.12. The van der Waals surface area contributed by atoms with Gasteiger partial charge in [-0.25, -0.2) is 4.98 Å². The number of aliphatic hydroxyl groups excluding tert-OH is 1. The van der Waals surface area contributed by atoms with E-state index in [9.17, 15) is 0 Å². The molecule has 0 radical (unpaired) electrons. The number of hydrogen-bond acceptors (Lipinski definition) is 5. The number of nitrogens with zero attached hydrogens (tertiary/aromatic N) is 2. The molecule has 0 saturated heterocycles. The van der Waals surface area contributed by atoms with Crippen LogP contribution in [0.5, 0.6) is 0 Å². The fourth-order valence-electron chi connectivity index (χ4n) is 1.34. The Morgan fingerprint density at radius 2 is 2.19 bits per heavy atom. The zero-order chi connectivity index (χ0) is 12.1. The van der Waals surface area contributed by atoms with E-state index in [1.165, 1.54) is 4.88 Å². The van der Waals surface area contributed by atoms with E-state index >= 15 is 0 Å². The monoisotopic (exact) mass is 243 g/mol. The number of aromatic nitrogens is 1. The molecular formula is C11H21N3OS. The highest BCUT2D eigenvalue weighted by molar-refractivity contribution is 7.15. The summed E-state index contributed by atoms with van der Waals surface area (Å²) in [6.45, 7) is 5.07. The zero-order valence-electron chi connectivity index (χ0n) is 10.4. The summed E-state index contributed by atoms with van der Waals surface area (Å²) < 4.78 is 0. The Hall–Kier alpha value is -0.650. The van der Waals surface area contributed by atoms with Gasteiger partial charge >= 0.3 is 0 Å². The van der Waals surface area contributed by atoms with Gasteiger partial charge < -0.3 is 15.3 Å². The molecule has 5 heteroatoms. The minimum Gasteiger partial charge on any atom is -0.395 e. The van der Waals surface area contributed by atoms with Crippen molar-refractivity contribution in [3.8, 4) is 0 Å². The third kappa shape index (κ3) is 3.43. The molecule has 0 amide bonds. The van der Waals surface area contributed by atoms with Crippen molar-refractivity contribution in [2.24, 2.45) is 0 Å². The fourth-order valence-corrected chi connectivity index (χ4v) is 2.28. The van der Waals surface area contributed by atoms with Crippen molar-refractivity contribution in [2.75, 3.05) is 25.6 Å². The van der Waals surface area contributed by atoms with Crippen LogP contribution in [0.15, 0.2) is 0 Å². The van der Waals surface area contributed by atoms with Gasteiger partial charge in [-0.05, 0) is 13.3 Å². The van der Waals surface area contributed by atoms with E-state index < -0.39 is 0 Å². The molecule has 16 heavy (non-hydrogen) atoms. The molecule has 2 N–H and O–H groups in total. The maximum atomic E-state index is 9.08. The second-order valence-electron chi connectivity index (χ2n) is 4.07. The van der Waals surface area contributed by atoms with Gasteiger partial charge in [0.05, 0.1) is 12.3 Å². The average molecular weight is 243 g/mol. The standard InChI is InChI=1S/C11H21N3OS/c1-5-9(7-15)12-6-10-8(2)13-11(16-10)14(3)4/h9,12,15H,5-7H2,1-4H3/t9-/m1/s1. The van der Waals surface area contributed by atoms with Gasteiger partial charge in [-0.3, -0.25) is 0 Å². The van der Waals surface area contributed by atoms with Crippen LogP contribution in [-0.4, -0.2) is 36.8 Å². The minimum atomic E-state index is 0.185. The first-order valence-corrected chi connectivity index (χ1v) is 6.38. The largest absolute Gasteiger partial charge is 0.395 e. The molecule has 1 atom stereocenters. The van der Waals surface area contributed by atoms with Crippen molar-refractivity contribution in [1.82, 2.24) is 10.3 Å². The third-order valence-electron chi connectivity index (χ3n) is 2.53. The normalized spacial score (nSPS) is 12.8. The summed E-state index contributed by atoms with van der Waals surface area (Å²) in [6.07, 6.45) is 0.939. The maximum Gasteiger partial charge on any atom is 0.185 e. The average Bonchev–Trinajstić information content (AvgIpc) is 2.62. The number of anilines is 1. The van der Waals surface area contributed by atoms with Gasteiger partial charge in [-0.1, -0.05) is 6.92 Å². The lowest BCUT2D eigenvalue weighted by atomic mass is 10.2. The summed E-state index contributed by atoms with van der Waals surface area (Å²) >= 11 is 1.70. The van der Waals surface area contributed by atoms with Gasteiger partial charge in [0, 0.05) is 31.6 Å². The molecule has 1 heterocycles. The molecule has 0 aromatic carbocycles. The van der Waals surface area contributed by atoms with Crippen LogP contribution in [0.2, 0.25) is 0 Å². The first kappa shape index (κ1) is 13.4. The lowest BCUT2D eigenvalue weighted by molar-refractivity contribution is 0.238. The molecule has 0 bridgehead atoms. The Bertz CT molecular complexity index is 321. The molecule has 1 aromatic heterocycles. The summed E-state index contributed by atoms with van der Waals surface area (Å²) in [4.78, 5) is 7.75. The molecule has 92 valence electrons. The second kappa shape index (κ2) is 6.18. The van der Waals surface area contributed by atoms with E-state index in [1.807, 2.05) is 25.9 Å². The van der Waals surface area contributed by atoms with Gasteiger partial charge in [-0.2, -0.15) is 0 Å². The Balaban J connectivity index is 2.60. The first-order chi connectivity index (χ1) is 7.58. The Labute approximate surface area is 101 Å². The smallest absolute Gasteiger partial charge is 0.185 e. The van der Waals surface area contributed by atoms with Crippen LogP contribution in [-0.2, 0) is 6.54 Å². The summed E-state index contributed by atoms with van der Waals surface area (Å²) in [5, 5.41) is 13.4.